The highest BCUT2D eigenvalue weighted by molar-refractivity contribution is 5.93. The molecule has 2 atom stereocenters. The molecule has 1 aliphatic heterocycles. The van der Waals surface area contributed by atoms with Crippen LogP contribution >= 0.6 is 0 Å². The molecule has 1 aliphatic rings. The Morgan fingerprint density at radius 2 is 1.80 bits per heavy atom. The zero-order valence-corrected chi connectivity index (χ0v) is 14.4. The zero-order chi connectivity index (χ0) is 18.0. The number of carbonyl (C=O) groups excluding carboxylic acids is 2. The molecule has 0 aliphatic carbocycles. The minimum atomic E-state index is -0.487. The standard InChI is InChI=1S/C17H22N6O2/c1-11-7-12(2)9-22(8-11)15(24)10-23-20-17(19-21-23)14-5-3-13(4-6-14)16(18)25/h3-6,11-12H,7-10H2,1-2H3,(H2,18,25)/t11-,12-/m1/s1. The second-order valence-corrected chi connectivity index (χ2v) is 6.83. The minimum absolute atomic E-state index is 0.00595. The Hall–Kier alpha value is -2.77. The topological polar surface area (TPSA) is 107 Å². The lowest BCUT2D eigenvalue weighted by atomic mass is 9.92. The first kappa shape index (κ1) is 17.1. The summed E-state index contributed by atoms with van der Waals surface area (Å²) in [5, 5.41) is 12.2. The number of amides is 2. The third kappa shape index (κ3) is 4.01. The van der Waals surface area contributed by atoms with Gasteiger partial charge in [-0.15, -0.1) is 10.2 Å². The van der Waals surface area contributed by atoms with Crippen LogP contribution in [0.5, 0.6) is 0 Å². The number of aromatic nitrogens is 4. The molecule has 132 valence electrons. The van der Waals surface area contributed by atoms with E-state index in [1.165, 1.54) is 4.80 Å². The van der Waals surface area contributed by atoms with Crippen molar-refractivity contribution < 1.29 is 9.59 Å². The maximum absolute atomic E-state index is 12.5. The molecule has 25 heavy (non-hydrogen) atoms. The fraction of sp³-hybridized carbons (Fsp3) is 0.471. The van der Waals surface area contributed by atoms with Crippen LogP contribution in [0.1, 0.15) is 30.6 Å². The van der Waals surface area contributed by atoms with Crippen molar-refractivity contribution in [2.75, 3.05) is 13.1 Å². The molecular weight excluding hydrogens is 320 g/mol. The molecule has 0 spiro atoms. The fourth-order valence-corrected chi connectivity index (χ4v) is 3.30. The molecule has 8 heteroatoms. The first-order valence-electron chi connectivity index (χ1n) is 8.38. The Balaban J connectivity index is 1.67. The highest BCUT2D eigenvalue weighted by Crippen LogP contribution is 2.21. The number of nitrogens with two attached hydrogens (primary N) is 1. The van der Waals surface area contributed by atoms with E-state index in [4.69, 9.17) is 5.73 Å². The van der Waals surface area contributed by atoms with Crippen LogP contribution in [-0.4, -0.2) is 50.0 Å². The van der Waals surface area contributed by atoms with Gasteiger partial charge in [-0.25, -0.2) is 0 Å². The van der Waals surface area contributed by atoms with Crippen LogP contribution < -0.4 is 5.73 Å². The second kappa shape index (κ2) is 7.00. The van der Waals surface area contributed by atoms with Gasteiger partial charge in [0, 0.05) is 24.2 Å². The summed E-state index contributed by atoms with van der Waals surface area (Å²) in [7, 11) is 0. The van der Waals surface area contributed by atoms with Gasteiger partial charge in [-0.05, 0) is 35.6 Å². The van der Waals surface area contributed by atoms with Gasteiger partial charge in [0.1, 0.15) is 6.54 Å². The van der Waals surface area contributed by atoms with Gasteiger partial charge in [0.05, 0.1) is 0 Å². The lowest BCUT2D eigenvalue weighted by molar-refractivity contribution is -0.135. The molecule has 0 bridgehead atoms. The summed E-state index contributed by atoms with van der Waals surface area (Å²) >= 11 is 0. The highest BCUT2D eigenvalue weighted by atomic mass is 16.2. The first-order valence-corrected chi connectivity index (χ1v) is 8.38. The number of nitrogens with zero attached hydrogens (tertiary/aromatic N) is 5. The number of carbonyl (C=O) groups is 2. The molecule has 2 heterocycles. The lowest BCUT2D eigenvalue weighted by Crippen LogP contribution is -2.44. The predicted octanol–water partition coefficient (Wildman–Crippen LogP) is 0.943. The molecular formula is C17H22N6O2. The van der Waals surface area contributed by atoms with E-state index >= 15 is 0 Å². The van der Waals surface area contributed by atoms with Crippen LogP contribution in [0.25, 0.3) is 11.4 Å². The van der Waals surface area contributed by atoms with Crippen molar-refractivity contribution in [2.45, 2.75) is 26.8 Å². The third-order valence-electron chi connectivity index (χ3n) is 4.38. The van der Waals surface area contributed by atoms with E-state index in [1.807, 2.05) is 4.90 Å². The minimum Gasteiger partial charge on any atom is -0.366 e. The number of tetrazole rings is 1. The quantitative estimate of drug-likeness (QED) is 0.890. The molecule has 0 radical (unpaired) electrons. The van der Waals surface area contributed by atoms with E-state index in [0.717, 1.165) is 19.5 Å². The maximum Gasteiger partial charge on any atom is 0.248 e. The van der Waals surface area contributed by atoms with Gasteiger partial charge in [0.15, 0.2) is 0 Å². The molecule has 0 saturated carbocycles. The van der Waals surface area contributed by atoms with Gasteiger partial charge in [-0.2, -0.15) is 4.80 Å². The number of hydrogen-bond donors (Lipinski definition) is 1. The average Bonchev–Trinajstić information content (AvgIpc) is 3.02. The molecule has 1 aromatic heterocycles. The van der Waals surface area contributed by atoms with Crippen molar-refractivity contribution >= 4 is 11.8 Å². The Kier molecular flexibility index (Phi) is 4.78. The van der Waals surface area contributed by atoms with Crippen molar-refractivity contribution in [3.63, 3.8) is 0 Å². The molecule has 2 N–H and O–H groups in total. The van der Waals surface area contributed by atoms with Gasteiger partial charge < -0.3 is 10.6 Å². The van der Waals surface area contributed by atoms with E-state index in [1.54, 1.807) is 24.3 Å². The van der Waals surface area contributed by atoms with Crippen LogP contribution in [0.15, 0.2) is 24.3 Å². The van der Waals surface area contributed by atoms with Gasteiger partial charge >= 0.3 is 0 Å². The van der Waals surface area contributed by atoms with E-state index in [-0.39, 0.29) is 12.5 Å². The van der Waals surface area contributed by atoms with Gasteiger partial charge in [-0.3, -0.25) is 9.59 Å². The van der Waals surface area contributed by atoms with Crippen molar-refractivity contribution in [3.8, 4) is 11.4 Å². The molecule has 1 fully saturated rings. The average molecular weight is 342 g/mol. The molecule has 2 aromatic rings. The third-order valence-corrected chi connectivity index (χ3v) is 4.38. The highest BCUT2D eigenvalue weighted by Gasteiger charge is 2.25. The van der Waals surface area contributed by atoms with Crippen molar-refractivity contribution in [3.05, 3.63) is 29.8 Å². The number of rotatable bonds is 4. The normalized spacial score (nSPS) is 20.5. The van der Waals surface area contributed by atoms with E-state index < -0.39 is 5.91 Å². The summed E-state index contributed by atoms with van der Waals surface area (Å²) in [5.74, 6) is 0.945. The molecule has 1 saturated heterocycles. The number of piperidine rings is 1. The van der Waals surface area contributed by atoms with Crippen LogP contribution in [0.3, 0.4) is 0 Å². The van der Waals surface area contributed by atoms with Crippen molar-refractivity contribution in [1.29, 1.82) is 0 Å². The summed E-state index contributed by atoms with van der Waals surface area (Å²) in [4.78, 5) is 26.8. The predicted molar refractivity (Wildman–Crippen MR) is 91.3 cm³/mol. The Morgan fingerprint density at radius 3 is 2.40 bits per heavy atom. The molecule has 0 unspecified atom stereocenters. The van der Waals surface area contributed by atoms with Gasteiger partial charge in [0.2, 0.25) is 17.6 Å². The van der Waals surface area contributed by atoms with Crippen LogP contribution in [0, 0.1) is 11.8 Å². The molecule has 1 aromatic carbocycles. The van der Waals surface area contributed by atoms with Gasteiger partial charge in [-0.1, -0.05) is 26.0 Å². The van der Waals surface area contributed by atoms with Crippen LogP contribution in [0.4, 0.5) is 0 Å². The number of primary amides is 1. The smallest absolute Gasteiger partial charge is 0.248 e. The molecule has 8 nitrogen and oxygen atoms in total. The largest absolute Gasteiger partial charge is 0.366 e. The van der Waals surface area contributed by atoms with Gasteiger partial charge in [0.25, 0.3) is 0 Å². The zero-order valence-electron chi connectivity index (χ0n) is 14.4. The molecule has 3 rings (SSSR count). The van der Waals surface area contributed by atoms with E-state index in [0.29, 0.717) is 28.8 Å². The van der Waals surface area contributed by atoms with E-state index in [9.17, 15) is 9.59 Å². The van der Waals surface area contributed by atoms with Crippen molar-refractivity contribution in [1.82, 2.24) is 25.1 Å². The number of benzene rings is 1. The lowest BCUT2D eigenvalue weighted by Gasteiger charge is -2.34. The van der Waals surface area contributed by atoms with Crippen LogP contribution in [-0.2, 0) is 11.3 Å². The Morgan fingerprint density at radius 1 is 1.16 bits per heavy atom. The summed E-state index contributed by atoms with van der Waals surface area (Å²) in [6, 6.07) is 6.63. The SMILES string of the molecule is C[C@@H]1C[C@@H](C)CN(C(=O)Cn2nnc(-c3ccc(C(N)=O)cc3)n2)C1. The second-order valence-electron chi connectivity index (χ2n) is 6.83. The fourth-order valence-electron chi connectivity index (χ4n) is 3.30. The van der Waals surface area contributed by atoms with E-state index in [2.05, 4.69) is 29.3 Å². The monoisotopic (exact) mass is 342 g/mol. The van der Waals surface area contributed by atoms with Crippen molar-refractivity contribution in [2.24, 2.45) is 17.6 Å². The molecule has 2 amide bonds. The number of likely N-dealkylation sites (tertiary alicyclic amines) is 1. The summed E-state index contributed by atoms with van der Waals surface area (Å²) in [5.41, 5.74) is 6.35. The van der Waals surface area contributed by atoms with Crippen LogP contribution in [0.2, 0.25) is 0 Å². The summed E-state index contributed by atoms with van der Waals surface area (Å²) in [6.45, 7) is 5.96. The maximum atomic E-state index is 12.5. The summed E-state index contributed by atoms with van der Waals surface area (Å²) in [6.07, 6.45) is 1.15. The first-order chi connectivity index (χ1) is 11.9. The Bertz CT molecular complexity index is 760. The number of hydrogen-bond acceptors (Lipinski definition) is 5. The Labute approximate surface area is 146 Å². The summed E-state index contributed by atoms with van der Waals surface area (Å²) < 4.78 is 0.